The van der Waals surface area contributed by atoms with Gasteiger partial charge in [-0.1, -0.05) is 36.8 Å². The summed E-state index contributed by atoms with van der Waals surface area (Å²) < 4.78 is 0. The Morgan fingerprint density at radius 1 is 1.07 bits per heavy atom. The number of anilines is 2. The van der Waals surface area contributed by atoms with Gasteiger partial charge >= 0.3 is 0 Å². The number of hydrogen-bond acceptors (Lipinski definition) is 3. The largest absolute Gasteiger partial charge is 0.371 e. The maximum atomic E-state index is 12.8. The molecule has 2 amide bonds. The molecule has 5 heteroatoms. The minimum absolute atomic E-state index is 0.00246. The van der Waals surface area contributed by atoms with Crippen LogP contribution in [0.2, 0.25) is 0 Å². The van der Waals surface area contributed by atoms with E-state index in [-0.39, 0.29) is 23.8 Å². The van der Waals surface area contributed by atoms with Crippen LogP contribution in [0.1, 0.15) is 49.0 Å². The van der Waals surface area contributed by atoms with E-state index in [1.807, 2.05) is 26.0 Å². The van der Waals surface area contributed by atoms with Gasteiger partial charge < -0.3 is 15.5 Å². The first kappa shape index (κ1) is 20.9. The van der Waals surface area contributed by atoms with Crippen molar-refractivity contribution in [2.45, 2.75) is 46.1 Å². The molecule has 1 aliphatic rings. The number of carbonyl (C=O) groups is 2. The molecule has 154 valence electrons. The van der Waals surface area contributed by atoms with Gasteiger partial charge in [0.1, 0.15) is 0 Å². The van der Waals surface area contributed by atoms with Gasteiger partial charge in [0.25, 0.3) is 5.91 Å². The molecule has 1 fully saturated rings. The van der Waals surface area contributed by atoms with Gasteiger partial charge in [-0.25, -0.2) is 0 Å². The molecule has 1 saturated heterocycles. The van der Waals surface area contributed by atoms with E-state index >= 15 is 0 Å². The SMILES string of the molecule is CC[C@@H](C)NC(=O)c1ccccc1NC(=O)C1CCN(c2ccc(C)cc2)CC1. The van der Waals surface area contributed by atoms with Crippen molar-refractivity contribution in [2.75, 3.05) is 23.3 Å². The smallest absolute Gasteiger partial charge is 0.253 e. The summed E-state index contributed by atoms with van der Waals surface area (Å²) in [5.74, 6) is -0.191. The molecule has 29 heavy (non-hydrogen) atoms. The first-order valence-corrected chi connectivity index (χ1v) is 10.5. The zero-order valence-electron chi connectivity index (χ0n) is 17.6. The van der Waals surface area contributed by atoms with Crippen LogP contribution in [0.5, 0.6) is 0 Å². The van der Waals surface area contributed by atoms with Gasteiger partial charge in [-0.15, -0.1) is 0 Å². The fraction of sp³-hybridized carbons (Fsp3) is 0.417. The van der Waals surface area contributed by atoms with Gasteiger partial charge in [0.15, 0.2) is 0 Å². The van der Waals surface area contributed by atoms with Gasteiger partial charge in [0.2, 0.25) is 5.91 Å². The van der Waals surface area contributed by atoms with Crippen LogP contribution < -0.4 is 15.5 Å². The highest BCUT2D eigenvalue weighted by Gasteiger charge is 2.26. The number of amides is 2. The van der Waals surface area contributed by atoms with Gasteiger partial charge in [0.05, 0.1) is 11.3 Å². The molecule has 2 aromatic carbocycles. The molecule has 1 aliphatic heterocycles. The molecule has 2 N–H and O–H groups in total. The summed E-state index contributed by atoms with van der Waals surface area (Å²) in [6.07, 6.45) is 2.47. The van der Waals surface area contributed by atoms with Crippen molar-refractivity contribution in [3.8, 4) is 0 Å². The van der Waals surface area contributed by atoms with Crippen LogP contribution in [0.4, 0.5) is 11.4 Å². The number of nitrogens with zero attached hydrogens (tertiary/aromatic N) is 1. The van der Waals surface area contributed by atoms with Crippen LogP contribution in [0, 0.1) is 12.8 Å². The fourth-order valence-corrected chi connectivity index (χ4v) is 3.58. The average Bonchev–Trinajstić information content (AvgIpc) is 2.74. The third-order valence-corrected chi connectivity index (χ3v) is 5.68. The molecule has 0 unspecified atom stereocenters. The topological polar surface area (TPSA) is 61.4 Å². The summed E-state index contributed by atoms with van der Waals surface area (Å²) in [5.41, 5.74) is 3.55. The number of hydrogen-bond donors (Lipinski definition) is 2. The Kier molecular flexibility index (Phi) is 6.91. The first-order valence-electron chi connectivity index (χ1n) is 10.5. The van der Waals surface area contributed by atoms with Crippen molar-refractivity contribution >= 4 is 23.2 Å². The van der Waals surface area contributed by atoms with E-state index in [1.165, 1.54) is 11.3 Å². The number of nitrogens with one attached hydrogen (secondary N) is 2. The third kappa shape index (κ3) is 5.37. The van der Waals surface area contributed by atoms with Crippen molar-refractivity contribution in [1.29, 1.82) is 0 Å². The second-order valence-corrected chi connectivity index (χ2v) is 7.91. The van der Waals surface area contributed by atoms with E-state index in [0.29, 0.717) is 11.3 Å². The van der Waals surface area contributed by atoms with Crippen molar-refractivity contribution in [3.05, 3.63) is 59.7 Å². The van der Waals surface area contributed by atoms with E-state index in [0.717, 1.165) is 32.4 Å². The highest BCUT2D eigenvalue weighted by molar-refractivity contribution is 6.04. The lowest BCUT2D eigenvalue weighted by Gasteiger charge is -2.33. The third-order valence-electron chi connectivity index (χ3n) is 5.68. The Morgan fingerprint density at radius 3 is 2.38 bits per heavy atom. The molecule has 0 aromatic heterocycles. The molecule has 1 atom stereocenters. The zero-order valence-corrected chi connectivity index (χ0v) is 17.6. The Balaban J connectivity index is 1.60. The highest BCUT2D eigenvalue weighted by atomic mass is 16.2. The molecular formula is C24H31N3O2. The van der Waals surface area contributed by atoms with Crippen LogP contribution in [-0.2, 0) is 4.79 Å². The molecule has 0 bridgehead atoms. The van der Waals surface area contributed by atoms with Crippen molar-refractivity contribution in [2.24, 2.45) is 5.92 Å². The predicted molar refractivity (Wildman–Crippen MR) is 118 cm³/mol. The van der Waals surface area contributed by atoms with Crippen molar-refractivity contribution < 1.29 is 9.59 Å². The first-order chi connectivity index (χ1) is 14.0. The maximum absolute atomic E-state index is 12.8. The summed E-state index contributed by atoms with van der Waals surface area (Å²) >= 11 is 0. The second kappa shape index (κ2) is 9.59. The number of aryl methyl sites for hydroxylation is 1. The molecule has 3 rings (SSSR count). The monoisotopic (exact) mass is 393 g/mol. The Labute approximate surface area is 173 Å². The van der Waals surface area contributed by atoms with E-state index in [2.05, 4.69) is 46.7 Å². The lowest BCUT2D eigenvalue weighted by Crippen LogP contribution is -2.38. The van der Waals surface area contributed by atoms with Gasteiger partial charge in [-0.05, 0) is 57.4 Å². The van der Waals surface area contributed by atoms with Gasteiger partial charge in [0, 0.05) is 30.7 Å². The summed E-state index contributed by atoms with van der Waals surface area (Å²) in [5, 5.41) is 5.97. The number of rotatable bonds is 6. The van der Waals surface area contributed by atoms with Crippen molar-refractivity contribution in [3.63, 3.8) is 0 Å². The van der Waals surface area contributed by atoms with E-state index in [9.17, 15) is 9.59 Å². The number of carbonyl (C=O) groups excluding carboxylic acids is 2. The van der Waals surface area contributed by atoms with Crippen LogP contribution >= 0.6 is 0 Å². The molecule has 0 radical (unpaired) electrons. The van der Waals surface area contributed by atoms with Crippen molar-refractivity contribution in [1.82, 2.24) is 5.32 Å². The fourth-order valence-electron chi connectivity index (χ4n) is 3.58. The Hall–Kier alpha value is -2.82. The minimum atomic E-state index is -0.149. The average molecular weight is 394 g/mol. The predicted octanol–water partition coefficient (Wildman–Crippen LogP) is 4.38. The molecule has 1 heterocycles. The van der Waals surface area contributed by atoms with Crippen LogP contribution in [0.25, 0.3) is 0 Å². The number of piperidine rings is 1. The molecule has 2 aromatic rings. The van der Waals surface area contributed by atoms with E-state index < -0.39 is 0 Å². The van der Waals surface area contributed by atoms with E-state index in [4.69, 9.17) is 0 Å². The molecule has 0 spiro atoms. The minimum Gasteiger partial charge on any atom is -0.371 e. The second-order valence-electron chi connectivity index (χ2n) is 7.91. The Bertz CT molecular complexity index is 839. The summed E-state index contributed by atoms with van der Waals surface area (Å²) in [4.78, 5) is 27.7. The molecule has 0 saturated carbocycles. The van der Waals surface area contributed by atoms with Gasteiger partial charge in [-0.2, -0.15) is 0 Å². The van der Waals surface area contributed by atoms with E-state index in [1.54, 1.807) is 12.1 Å². The lowest BCUT2D eigenvalue weighted by atomic mass is 9.95. The molecule has 5 nitrogen and oxygen atoms in total. The standard InChI is InChI=1S/C24H31N3O2/c1-4-18(3)25-24(29)21-7-5-6-8-22(21)26-23(28)19-13-15-27(16-14-19)20-11-9-17(2)10-12-20/h5-12,18-19H,4,13-16H2,1-3H3,(H,25,29)(H,26,28)/t18-/m1/s1. The summed E-state index contributed by atoms with van der Waals surface area (Å²) in [6.45, 7) is 7.80. The maximum Gasteiger partial charge on any atom is 0.253 e. The summed E-state index contributed by atoms with van der Waals surface area (Å²) in [7, 11) is 0. The normalized spacial score (nSPS) is 15.6. The quantitative estimate of drug-likeness (QED) is 0.766. The highest BCUT2D eigenvalue weighted by Crippen LogP contribution is 2.25. The summed E-state index contributed by atoms with van der Waals surface area (Å²) in [6, 6.07) is 15.8. The number of benzene rings is 2. The Morgan fingerprint density at radius 2 is 1.72 bits per heavy atom. The lowest BCUT2D eigenvalue weighted by molar-refractivity contribution is -0.120. The van der Waals surface area contributed by atoms with Crippen LogP contribution in [0.15, 0.2) is 48.5 Å². The molecule has 0 aliphatic carbocycles. The van der Waals surface area contributed by atoms with Crippen LogP contribution in [0.3, 0.4) is 0 Å². The number of para-hydroxylation sites is 1. The zero-order chi connectivity index (χ0) is 20.8. The molecular weight excluding hydrogens is 362 g/mol. The van der Waals surface area contributed by atoms with Crippen LogP contribution in [-0.4, -0.2) is 30.9 Å². The van der Waals surface area contributed by atoms with Gasteiger partial charge in [-0.3, -0.25) is 9.59 Å².